The molecule has 1 aliphatic heterocycles. The van der Waals surface area contributed by atoms with Crippen molar-refractivity contribution in [3.8, 4) is 0 Å². The lowest BCUT2D eigenvalue weighted by atomic mass is 9.78. The van der Waals surface area contributed by atoms with E-state index in [1.165, 1.54) is 25.7 Å². The molecule has 1 saturated carbocycles. The van der Waals surface area contributed by atoms with E-state index in [2.05, 4.69) is 22.4 Å². The molecule has 1 N–H and O–H groups in total. The lowest BCUT2D eigenvalue weighted by Crippen LogP contribution is -2.36. The van der Waals surface area contributed by atoms with E-state index in [1.54, 1.807) is 0 Å². The molecule has 0 radical (unpaired) electrons. The molecule has 2 fully saturated rings. The number of nitrogens with zero attached hydrogens (tertiary/aromatic N) is 2. The average molecular weight is 293 g/mol. The third-order valence-electron chi connectivity index (χ3n) is 4.84. The third kappa shape index (κ3) is 3.29. The van der Waals surface area contributed by atoms with Crippen LogP contribution in [0.15, 0.2) is 4.52 Å². The molecule has 0 aromatic carbocycles. The zero-order valence-electron chi connectivity index (χ0n) is 13.2. The fourth-order valence-electron chi connectivity index (χ4n) is 3.84. The summed E-state index contributed by atoms with van der Waals surface area (Å²) >= 11 is 0. The summed E-state index contributed by atoms with van der Waals surface area (Å²) < 4.78 is 11.6. The van der Waals surface area contributed by atoms with Crippen LogP contribution in [0.4, 0.5) is 0 Å². The minimum absolute atomic E-state index is 0.322. The minimum Gasteiger partial charge on any atom is -0.367 e. The molecule has 21 heavy (non-hydrogen) atoms. The lowest BCUT2D eigenvalue weighted by Gasteiger charge is -2.37. The summed E-state index contributed by atoms with van der Waals surface area (Å²) in [6.07, 6.45) is 7.73. The SMILES string of the molecule is CCOC1(c2noc(CC3CCCN3)n2)CCCC(C)C1. The van der Waals surface area contributed by atoms with Crippen LogP contribution in [0.1, 0.15) is 64.1 Å². The summed E-state index contributed by atoms with van der Waals surface area (Å²) in [5.74, 6) is 2.18. The molecule has 3 atom stereocenters. The molecular formula is C16H27N3O2. The minimum atomic E-state index is -0.322. The zero-order chi connectivity index (χ0) is 14.7. The summed E-state index contributed by atoms with van der Waals surface area (Å²) in [7, 11) is 0. The molecule has 5 heteroatoms. The molecule has 1 saturated heterocycles. The lowest BCUT2D eigenvalue weighted by molar-refractivity contribution is -0.0891. The normalized spacial score (nSPS) is 33.4. The van der Waals surface area contributed by atoms with Gasteiger partial charge in [0.15, 0.2) is 0 Å². The maximum absolute atomic E-state index is 6.11. The van der Waals surface area contributed by atoms with Gasteiger partial charge in [0.05, 0.1) is 0 Å². The standard InChI is InChI=1S/C16H27N3O2/c1-3-20-16(8-4-6-12(2)11-16)15-18-14(21-19-15)10-13-7-5-9-17-13/h12-13,17H,3-11H2,1-2H3. The van der Waals surface area contributed by atoms with E-state index in [9.17, 15) is 0 Å². The van der Waals surface area contributed by atoms with E-state index in [-0.39, 0.29) is 5.60 Å². The van der Waals surface area contributed by atoms with Gasteiger partial charge in [-0.25, -0.2) is 0 Å². The molecule has 3 unspecified atom stereocenters. The fourth-order valence-corrected chi connectivity index (χ4v) is 3.84. The Kier molecular flexibility index (Phi) is 4.60. The van der Waals surface area contributed by atoms with Crippen LogP contribution in [-0.2, 0) is 16.8 Å². The van der Waals surface area contributed by atoms with Crippen molar-refractivity contribution in [2.45, 2.75) is 70.4 Å². The molecule has 118 valence electrons. The predicted molar refractivity (Wildman–Crippen MR) is 80.0 cm³/mol. The van der Waals surface area contributed by atoms with Gasteiger partial charge < -0.3 is 14.6 Å². The van der Waals surface area contributed by atoms with E-state index in [4.69, 9.17) is 9.26 Å². The average Bonchev–Trinajstić information content (AvgIpc) is 3.11. The maximum Gasteiger partial charge on any atom is 0.228 e. The Morgan fingerprint density at radius 2 is 2.29 bits per heavy atom. The van der Waals surface area contributed by atoms with Crippen LogP contribution in [0.2, 0.25) is 0 Å². The van der Waals surface area contributed by atoms with Crippen molar-refractivity contribution in [1.82, 2.24) is 15.5 Å². The summed E-state index contributed by atoms with van der Waals surface area (Å²) in [4.78, 5) is 4.68. The molecule has 1 aliphatic carbocycles. The smallest absolute Gasteiger partial charge is 0.228 e. The molecule has 0 spiro atoms. The Morgan fingerprint density at radius 1 is 1.38 bits per heavy atom. The van der Waals surface area contributed by atoms with E-state index in [1.807, 2.05) is 6.92 Å². The second-order valence-corrected chi connectivity index (χ2v) is 6.64. The Balaban J connectivity index is 1.74. The van der Waals surface area contributed by atoms with Crippen molar-refractivity contribution in [3.63, 3.8) is 0 Å². The number of aromatic nitrogens is 2. The topological polar surface area (TPSA) is 60.2 Å². The second kappa shape index (κ2) is 6.44. The summed E-state index contributed by atoms with van der Waals surface area (Å²) in [6, 6.07) is 0.492. The monoisotopic (exact) mass is 293 g/mol. The quantitative estimate of drug-likeness (QED) is 0.904. The van der Waals surface area contributed by atoms with Gasteiger partial charge in [0.2, 0.25) is 11.7 Å². The van der Waals surface area contributed by atoms with Gasteiger partial charge in [-0.2, -0.15) is 4.98 Å². The Hall–Kier alpha value is -0.940. The highest BCUT2D eigenvalue weighted by Gasteiger charge is 2.41. The Morgan fingerprint density at radius 3 is 3.00 bits per heavy atom. The van der Waals surface area contributed by atoms with E-state index in [0.29, 0.717) is 18.6 Å². The summed E-state index contributed by atoms with van der Waals surface area (Å²) in [6.45, 7) is 6.13. The predicted octanol–water partition coefficient (Wildman–Crippen LogP) is 2.81. The molecule has 0 amide bonds. The van der Waals surface area contributed by atoms with Crippen LogP contribution in [0, 0.1) is 5.92 Å². The van der Waals surface area contributed by atoms with Crippen molar-refractivity contribution < 1.29 is 9.26 Å². The Labute approximate surface area is 126 Å². The number of hydrogen-bond donors (Lipinski definition) is 1. The first kappa shape index (κ1) is 15.0. The molecule has 0 bridgehead atoms. The first-order valence-corrected chi connectivity index (χ1v) is 8.42. The Bertz CT molecular complexity index is 452. The zero-order valence-corrected chi connectivity index (χ0v) is 13.2. The van der Waals surface area contributed by atoms with Crippen LogP contribution in [0.5, 0.6) is 0 Å². The van der Waals surface area contributed by atoms with Crippen molar-refractivity contribution in [1.29, 1.82) is 0 Å². The third-order valence-corrected chi connectivity index (χ3v) is 4.84. The first-order valence-electron chi connectivity index (χ1n) is 8.42. The van der Waals surface area contributed by atoms with Gasteiger partial charge in [-0.3, -0.25) is 0 Å². The van der Waals surface area contributed by atoms with E-state index in [0.717, 1.165) is 37.5 Å². The van der Waals surface area contributed by atoms with Gasteiger partial charge >= 0.3 is 0 Å². The van der Waals surface area contributed by atoms with E-state index >= 15 is 0 Å². The highest BCUT2D eigenvalue weighted by atomic mass is 16.5. The molecule has 5 nitrogen and oxygen atoms in total. The van der Waals surface area contributed by atoms with E-state index < -0.39 is 0 Å². The highest BCUT2D eigenvalue weighted by molar-refractivity contribution is 5.05. The highest BCUT2D eigenvalue weighted by Crippen LogP contribution is 2.41. The molecule has 1 aromatic rings. The largest absolute Gasteiger partial charge is 0.367 e. The first-order chi connectivity index (χ1) is 10.2. The van der Waals surface area contributed by atoms with Gasteiger partial charge in [0, 0.05) is 19.1 Å². The van der Waals surface area contributed by atoms with Crippen LogP contribution >= 0.6 is 0 Å². The number of rotatable bonds is 5. The van der Waals surface area contributed by atoms with Gasteiger partial charge in [-0.05, 0) is 51.5 Å². The van der Waals surface area contributed by atoms with Crippen LogP contribution in [-0.4, -0.2) is 29.3 Å². The van der Waals surface area contributed by atoms with Gasteiger partial charge in [-0.15, -0.1) is 0 Å². The number of ether oxygens (including phenoxy) is 1. The van der Waals surface area contributed by atoms with Gasteiger partial charge in [0.1, 0.15) is 5.60 Å². The maximum atomic E-state index is 6.11. The van der Waals surface area contributed by atoms with Crippen molar-refractivity contribution >= 4 is 0 Å². The molecule has 2 aliphatic rings. The van der Waals surface area contributed by atoms with Crippen molar-refractivity contribution in [3.05, 3.63) is 11.7 Å². The van der Waals surface area contributed by atoms with Crippen molar-refractivity contribution in [2.24, 2.45) is 5.92 Å². The summed E-state index contributed by atoms with van der Waals surface area (Å²) in [5, 5.41) is 7.74. The van der Waals surface area contributed by atoms with Crippen LogP contribution in [0.25, 0.3) is 0 Å². The fraction of sp³-hybridized carbons (Fsp3) is 0.875. The molecule has 3 rings (SSSR count). The van der Waals surface area contributed by atoms with Crippen molar-refractivity contribution in [2.75, 3.05) is 13.2 Å². The second-order valence-electron chi connectivity index (χ2n) is 6.64. The van der Waals surface area contributed by atoms with Gasteiger partial charge in [0.25, 0.3) is 0 Å². The molecular weight excluding hydrogens is 266 g/mol. The number of hydrogen-bond acceptors (Lipinski definition) is 5. The molecule has 1 aromatic heterocycles. The summed E-state index contributed by atoms with van der Waals surface area (Å²) in [5.41, 5.74) is -0.322. The molecule has 2 heterocycles. The van der Waals surface area contributed by atoms with Gasteiger partial charge in [-0.1, -0.05) is 18.5 Å². The van der Waals surface area contributed by atoms with Crippen LogP contribution in [0.3, 0.4) is 0 Å². The van der Waals surface area contributed by atoms with Crippen LogP contribution < -0.4 is 5.32 Å². The number of nitrogens with one attached hydrogen (secondary N) is 1.